The number of Topliss-reactive ketones (excluding diaryl/α,β-unsaturated/α-hetero) is 2. The van der Waals surface area contributed by atoms with Crippen LogP contribution in [0.15, 0.2) is 91.0 Å². The first-order chi connectivity index (χ1) is 14.0. The summed E-state index contributed by atoms with van der Waals surface area (Å²) in [5, 5.41) is 9.33. The third-order valence-corrected chi connectivity index (χ3v) is 4.17. The van der Waals surface area contributed by atoms with Crippen molar-refractivity contribution in [3.63, 3.8) is 0 Å². The Hall–Kier alpha value is -3.04. The molecule has 1 N–H and O–H groups in total. The monoisotopic (exact) mass is 390 g/mol. The number of aliphatic hydroxyl groups is 1. The van der Waals surface area contributed by atoms with Gasteiger partial charge in [0.05, 0.1) is 6.10 Å². The molecule has 0 heterocycles. The maximum absolute atomic E-state index is 11.0. The lowest BCUT2D eigenvalue weighted by molar-refractivity contribution is 0.0985. The predicted octanol–water partition coefficient (Wildman–Crippen LogP) is 6.30. The Morgan fingerprint density at radius 3 is 1.48 bits per heavy atom. The van der Waals surface area contributed by atoms with Gasteiger partial charge >= 0.3 is 0 Å². The van der Waals surface area contributed by atoms with E-state index in [0.717, 1.165) is 23.1 Å². The lowest BCUT2D eigenvalue weighted by atomic mass is 10.1. The summed E-state index contributed by atoms with van der Waals surface area (Å²) in [6, 6.07) is 28.3. The molecule has 0 amide bonds. The molecule has 3 heteroatoms. The van der Waals surface area contributed by atoms with E-state index in [-0.39, 0.29) is 17.7 Å². The van der Waals surface area contributed by atoms with Crippen LogP contribution in [-0.2, 0) is 0 Å². The van der Waals surface area contributed by atoms with Crippen molar-refractivity contribution in [2.45, 2.75) is 39.7 Å². The number of benzene rings is 3. The molecule has 0 radical (unpaired) electrons. The maximum Gasteiger partial charge on any atom is 0.162 e. The van der Waals surface area contributed by atoms with Crippen molar-refractivity contribution in [2.24, 2.45) is 0 Å². The average molecular weight is 391 g/mol. The van der Waals surface area contributed by atoms with Gasteiger partial charge in [0.25, 0.3) is 0 Å². The normalized spacial score (nSPS) is 10.5. The first kappa shape index (κ1) is 24.0. The summed E-state index contributed by atoms with van der Waals surface area (Å²) in [6.45, 7) is 5.41. The van der Waals surface area contributed by atoms with Gasteiger partial charge in [-0.25, -0.2) is 0 Å². The number of carbonyl (C=O) groups excluding carboxylic acids is 2. The summed E-state index contributed by atoms with van der Waals surface area (Å²) in [5.41, 5.74) is 2.59. The predicted molar refractivity (Wildman–Crippen MR) is 119 cm³/mol. The molecule has 3 aromatic rings. The summed E-state index contributed by atoms with van der Waals surface area (Å²) in [5.74, 6) is 0.330. The van der Waals surface area contributed by atoms with Gasteiger partial charge in [-0.2, -0.15) is 0 Å². The van der Waals surface area contributed by atoms with Gasteiger partial charge in [-0.05, 0) is 18.9 Å². The molecular weight excluding hydrogens is 360 g/mol. The molecule has 0 spiro atoms. The fourth-order valence-corrected chi connectivity index (χ4v) is 2.41. The first-order valence-electron chi connectivity index (χ1n) is 9.86. The van der Waals surface area contributed by atoms with E-state index in [1.54, 1.807) is 6.92 Å². The third kappa shape index (κ3) is 9.63. The molecule has 152 valence electrons. The quantitative estimate of drug-likeness (QED) is 0.520. The number of hydrogen-bond acceptors (Lipinski definition) is 3. The molecule has 0 aliphatic carbocycles. The topological polar surface area (TPSA) is 54.4 Å². The first-order valence-corrected chi connectivity index (χ1v) is 9.86. The van der Waals surface area contributed by atoms with Crippen LogP contribution in [-0.4, -0.2) is 16.7 Å². The van der Waals surface area contributed by atoms with Crippen LogP contribution in [0.5, 0.6) is 0 Å². The smallest absolute Gasteiger partial charge is 0.162 e. The summed E-state index contributed by atoms with van der Waals surface area (Å²) < 4.78 is 0. The molecule has 3 nitrogen and oxygen atoms in total. The highest BCUT2D eigenvalue weighted by Crippen LogP contribution is 2.14. The summed E-state index contributed by atoms with van der Waals surface area (Å²) in [6.07, 6.45) is 1.08. The van der Waals surface area contributed by atoms with Gasteiger partial charge < -0.3 is 5.11 Å². The Labute approximate surface area is 174 Å². The molecule has 1 atom stereocenters. The van der Waals surface area contributed by atoms with Gasteiger partial charge in [-0.3, -0.25) is 9.59 Å². The number of carbonyl (C=O) groups is 2. The van der Waals surface area contributed by atoms with Crippen molar-refractivity contribution in [1.82, 2.24) is 0 Å². The molecule has 0 aliphatic heterocycles. The highest BCUT2D eigenvalue weighted by molar-refractivity contribution is 5.95. The third-order valence-electron chi connectivity index (χ3n) is 4.17. The van der Waals surface area contributed by atoms with Crippen LogP contribution in [0.25, 0.3) is 0 Å². The van der Waals surface area contributed by atoms with Gasteiger partial charge in [0.2, 0.25) is 0 Å². The lowest BCUT2D eigenvalue weighted by Crippen LogP contribution is -1.94. The van der Waals surface area contributed by atoms with Crippen molar-refractivity contribution in [3.8, 4) is 0 Å². The van der Waals surface area contributed by atoms with Crippen LogP contribution in [0.2, 0.25) is 0 Å². The van der Waals surface area contributed by atoms with Crippen LogP contribution in [0.3, 0.4) is 0 Å². The molecule has 0 aromatic heterocycles. The van der Waals surface area contributed by atoms with Gasteiger partial charge in [0.1, 0.15) is 0 Å². The zero-order chi connectivity index (χ0) is 21.5. The second-order valence-electron chi connectivity index (χ2n) is 6.40. The fraction of sp³-hybridized carbons (Fsp3) is 0.231. The average Bonchev–Trinajstić information content (AvgIpc) is 2.80. The van der Waals surface area contributed by atoms with Crippen molar-refractivity contribution in [1.29, 1.82) is 0 Å². The number of ketones is 2. The molecule has 29 heavy (non-hydrogen) atoms. The largest absolute Gasteiger partial charge is 0.388 e. The number of hydrogen-bond donors (Lipinski definition) is 1. The lowest BCUT2D eigenvalue weighted by Gasteiger charge is -2.05. The zero-order valence-corrected chi connectivity index (χ0v) is 17.4. The number of aliphatic hydroxyl groups excluding tert-OH is 1. The Balaban J connectivity index is 0.000000218. The molecule has 0 aliphatic rings. The Morgan fingerprint density at radius 2 is 1.14 bits per heavy atom. The second kappa shape index (κ2) is 14.0. The second-order valence-corrected chi connectivity index (χ2v) is 6.40. The molecule has 0 saturated carbocycles. The van der Waals surface area contributed by atoms with Gasteiger partial charge in [0.15, 0.2) is 11.6 Å². The maximum atomic E-state index is 11.0. The van der Waals surface area contributed by atoms with Crippen LogP contribution >= 0.6 is 0 Å². The van der Waals surface area contributed by atoms with Crippen LogP contribution in [0, 0.1) is 0 Å². The fourth-order valence-electron chi connectivity index (χ4n) is 2.41. The molecule has 0 fully saturated rings. The highest BCUT2D eigenvalue weighted by atomic mass is 16.3. The van der Waals surface area contributed by atoms with Crippen molar-refractivity contribution in [3.05, 3.63) is 108 Å². The van der Waals surface area contributed by atoms with Crippen molar-refractivity contribution in [2.75, 3.05) is 0 Å². The Bertz CT molecular complexity index is 828. The van der Waals surface area contributed by atoms with E-state index in [0.29, 0.717) is 6.42 Å². The molecule has 1 unspecified atom stereocenters. The van der Waals surface area contributed by atoms with E-state index < -0.39 is 0 Å². The number of rotatable bonds is 5. The highest BCUT2D eigenvalue weighted by Gasteiger charge is 2.01. The Morgan fingerprint density at radius 1 is 0.724 bits per heavy atom. The van der Waals surface area contributed by atoms with Crippen molar-refractivity contribution >= 4 is 11.6 Å². The van der Waals surface area contributed by atoms with Gasteiger partial charge in [0, 0.05) is 17.5 Å². The van der Waals surface area contributed by atoms with Crippen molar-refractivity contribution < 1.29 is 14.7 Å². The summed E-state index contributed by atoms with van der Waals surface area (Å²) >= 11 is 0. The summed E-state index contributed by atoms with van der Waals surface area (Å²) in [7, 11) is 0. The minimum atomic E-state index is -0.291. The molecule has 0 bridgehead atoms. The van der Waals surface area contributed by atoms with Gasteiger partial charge in [-0.15, -0.1) is 0 Å². The van der Waals surface area contributed by atoms with Crippen LogP contribution < -0.4 is 0 Å². The van der Waals surface area contributed by atoms with E-state index in [2.05, 4.69) is 0 Å². The van der Waals surface area contributed by atoms with E-state index >= 15 is 0 Å². The standard InChI is InChI=1S/C9H12O.C9H10O.C8H8O/c2*1-2-9(10)8-6-4-3-5-7-8;1-7(9)8-5-3-2-4-6-8/h3-7,9-10H,2H2,1H3;3-7H,2H2,1H3;2-6H,1H3. The Kier molecular flexibility index (Phi) is 11.6. The minimum absolute atomic E-state index is 0.121. The summed E-state index contributed by atoms with van der Waals surface area (Å²) in [4.78, 5) is 21.7. The van der Waals surface area contributed by atoms with E-state index in [4.69, 9.17) is 0 Å². The molecular formula is C26H30O3. The molecule has 3 rings (SSSR count). The van der Waals surface area contributed by atoms with Crippen LogP contribution in [0.4, 0.5) is 0 Å². The van der Waals surface area contributed by atoms with Crippen LogP contribution in [0.1, 0.15) is 66.0 Å². The van der Waals surface area contributed by atoms with E-state index in [9.17, 15) is 14.7 Å². The molecule has 0 saturated heterocycles. The minimum Gasteiger partial charge on any atom is -0.388 e. The SMILES string of the molecule is CC(=O)c1ccccc1.CCC(=O)c1ccccc1.CCC(O)c1ccccc1. The van der Waals surface area contributed by atoms with Gasteiger partial charge in [-0.1, -0.05) is 105 Å². The van der Waals surface area contributed by atoms with E-state index in [1.165, 1.54) is 0 Å². The van der Waals surface area contributed by atoms with E-state index in [1.807, 2.05) is 105 Å². The molecule has 3 aromatic carbocycles. The zero-order valence-electron chi connectivity index (χ0n) is 17.4.